The van der Waals surface area contributed by atoms with Crippen LogP contribution in [0.15, 0.2) is 48.7 Å². The average molecular weight is 334 g/mol. The number of amides is 1. The van der Waals surface area contributed by atoms with Crippen molar-refractivity contribution in [3.05, 3.63) is 54.2 Å². The lowest BCUT2D eigenvalue weighted by molar-refractivity contribution is -0.122. The van der Waals surface area contributed by atoms with Gasteiger partial charge in [0.15, 0.2) is 11.7 Å². The lowest BCUT2D eigenvalue weighted by Crippen LogP contribution is -2.36. The van der Waals surface area contributed by atoms with Gasteiger partial charge in [0, 0.05) is 30.5 Å². The minimum atomic E-state index is -1.33. The zero-order valence-corrected chi connectivity index (χ0v) is 13.8. The summed E-state index contributed by atoms with van der Waals surface area (Å²) in [6, 6.07) is 14.9. The number of benzene rings is 1. The summed E-state index contributed by atoms with van der Waals surface area (Å²) in [5.41, 5.74) is 1.22. The van der Waals surface area contributed by atoms with Gasteiger partial charge < -0.3 is 10.2 Å². The molecule has 1 aliphatic carbocycles. The van der Waals surface area contributed by atoms with Crippen LogP contribution in [0, 0.1) is 17.2 Å². The Bertz CT molecular complexity index is 808. The molecule has 0 bridgehead atoms. The average Bonchev–Trinajstić information content (AvgIpc) is 3.46. The first-order chi connectivity index (χ1) is 12.1. The highest BCUT2D eigenvalue weighted by Crippen LogP contribution is 2.22. The summed E-state index contributed by atoms with van der Waals surface area (Å²) in [6.45, 7) is 0. The number of nitrogens with one attached hydrogen (secondary N) is 1. The number of pyridine rings is 1. The van der Waals surface area contributed by atoms with E-state index in [1.165, 1.54) is 6.20 Å². The van der Waals surface area contributed by atoms with Crippen LogP contribution in [-0.2, 0) is 4.79 Å². The molecule has 6 nitrogen and oxygen atoms in total. The molecule has 6 heteroatoms. The molecule has 1 N–H and O–H groups in total. The fraction of sp³-hybridized carbons (Fsp3) is 0.263. The van der Waals surface area contributed by atoms with Gasteiger partial charge in [-0.15, -0.1) is 0 Å². The van der Waals surface area contributed by atoms with Crippen LogP contribution in [0.25, 0.3) is 0 Å². The SMILES string of the molecule is CN(c1ccccc1)c1ccc(C(=O)C(C#N)C(=O)NC2CC2)cn1. The van der Waals surface area contributed by atoms with Crippen LogP contribution in [0.2, 0.25) is 0 Å². The zero-order chi connectivity index (χ0) is 17.8. The molecule has 0 radical (unpaired) electrons. The molecule has 0 aliphatic heterocycles. The van der Waals surface area contributed by atoms with Crippen molar-refractivity contribution in [2.45, 2.75) is 18.9 Å². The molecule has 1 aliphatic rings. The number of hydrogen-bond acceptors (Lipinski definition) is 5. The fourth-order valence-electron chi connectivity index (χ4n) is 2.43. The van der Waals surface area contributed by atoms with Crippen molar-refractivity contribution in [1.29, 1.82) is 5.26 Å². The van der Waals surface area contributed by atoms with Crippen LogP contribution in [0.3, 0.4) is 0 Å². The standard InChI is InChI=1S/C19H18N4O2/c1-23(15-5-3-2-4-6-15)17-10-7-13(12-21-17)18(24)16(11-20)19(25)22-14-8-9-14/h2-7,10,12,14,16H,8-9H2,1H3,(H,22,25). The van der Waals surface area contributed by atoms with Gasteiger partial charge in [0.2, 0.25) is 5.91 Å². The van der Waals surface area contributed by atoms with Crippen molar-refractivity contribution in [1.82, 2.24) is 10.3 Å². The summed E-state index contributed by atoms with van der Waals surface area (Å²) in [5, 5.41) is 11.9. The number of carbonyl (C=O) groups is 2. The summed E-state index contributed by atoms with van der Waals surface area (Å²) >= 11 is 0. The van der Waals surface area contributed by atoms with Gasteiger partial charge in [-0.2, -0.15) is 5.26 Å². The van der Waals surface area contributed by atoms with E-state index in [9.17, 15) is 14.9 Å². The molecule has 25 heavy (non-hydrogen) atoms. The van der Waals surface area contributed by atoms with E-state index in [-0.39, 0.29) is 11.6 Å². The number of nitrogens with zero attached hydrogens (tertiary/aromatic N) is 3. The predicted octanol–water partition coefficient (Wildman–Crippen LogP) is 2.45. The van der Waals surface area contributed by atoms with Crippen LogP contribution in [0.1, 0.15) is 23.2 Å². The highest BCUT2D eigenvalue weighted by atomic mass is 16.2. The molecule has 1 saturated carbocycles. The van der Waals surface area contributed by atoms with E-state index in [4.69, 9.17) is 0 Å². The van der Waals surface area contributed by atoms with Crippen molar-refractivity contribution in [2.75, 3.05) is 11.9 Å². The molecule has 1 aromatic heterocycles. The topological polar surface area (TPSA) is 86.1 Å². The number of aromatic nitrogens is 1. The van der Waals surface area contributed by atoms with E-state index in [2.05, 4.69) is 10.3 Å². The van der Waals surface area contributed by atoms with Crippen LogP contribution in [0.4, 0.5) is 11.5 Å². The van der Waals surface area contributed by atoms with Crippen molar-refractivity contribution in [3.8, 4) is 6.07 Å². The number of carbonyl (C=O) groups excluding carboxylic acids is 2. The smallest absolute Gasteiger partial charge is 0.245 e. The number of ketones is 1. The summed E-state index contributed by atoms with van der Waals surface area (Å²) < 4.78 is 0. The molecular weight excluding hydrogens is 316 g/mol. The van der Waals surface area contributed by atoms with Crippen molar-refractivity contribution >= 4 is 23.2 Å². The molecule has 1 heterocycles. The lowest BCUT2D eigenvalue weighted by atomic mass is 9.99. The predicted molar refractivity (Wildman–Crippen MR) is 93.3 cm³/mol. The third-order valence-corrected chi connectivity index (χ3v) is 4.10. The normalized spacial score (nSPS) is 14.2. The van der Waals surface area contributed by atoms with E-state index in [0.717, 1.165) is 18.5 Å². The van der Waals surface area contributed by atoms with E-state index in [0.29, 0.717) is 5.82 Å². The summed E-state index contributed by atoms with van der Waals surface area (Å²) in [6.07, 6.45) is 3.21. The fourth-order valence-corrected chi connectivity index (χ4v) is 2.43. The quantitative estimate of drug-likeness (QED) is 0.648. The highest BCUT2D eigenvalue weighted by molar-refractivity contribution is 6.12. The lowest BCUT2D eigenvalue weighted by Gasteiger charge is -2.18. The number of hydrogen-bond donors (Lipinski definition) is 1. The molecule has 0 saturated heterocycles. The highest BCUT2D eigenvalue weighted by Gasteiger charge is 2.32. The molecule has 3 rings (SSSR count). The third kappa shape index (κ3) is 3.83. The van der Waals surface area contributed by atoms with E-state index in [1.807, 2.05) is 42.3 Å². The number of para-hydroxylation sites is 1. The van der Waals surface area contributed by atoms with Gasteiger partial charge in [-0.3, -0.25) is 9.59 Å². The maximum absolute atomic E-state index is 12.4. The minimum absolute atomic E-state index is 0.108. The van der Waals surface area contributed by atoms with Gasteiger partial charge in [0.1, 0.15) is 5.82 Å². The number of rotatable bonds is 6. The Hall–Kier alpha value is -3.20. The van der Waals surface area contributed by atoms with Crippen LogP contribution < -0.4 is 10.2 Å². The monoisotopic (exact) mass is 334 g/mol. The van der Waals surface area contributed by atoms with Gasteiger partial charge in [-0.05, 0) is 37.1 Å². The molecule has 126 valence electrons. The van der Waals surface area contributed by atoms with E-state index < -0.39 is 17.6 Å². The van der Waals surface area contributed by atoms with E-state index in [1.54, 1.807) is 18.2 Å². The van der Waals surface area contributed by atoms with Crippen LogP contribution in [-0.4, -0.2) is 29.8 Å². The van der Waals surface area contributed by atoms with E-state index >= 15 is 0 Å². The van der Waals surface area contributed by atoms with Crippen molar-refractivity contribution < 1.29 is 9.59 Å². The maximum atomic E-state index is 12.4. The first-order valence-electron chi connectivity index (χ1n) is 8.09. The molecule has 2 aromatic rings. The Morgan fingerprint density at radius 3 is 2.52 bits per heavy atom. The van der Waals surface area contributed by atoms with Crippen molar-refractivity contribution in [2.24, 2.45) is 5.92 Å². The minimum Gasteiger partial charge on any atom is -0.352 e. The summed E-state index contributed by atoms with van der Waals surface area (Å²) in [5.74, 6) is -1.72. The Labute approximate surface area is 146 Å². The first kappa shape index (κ1) is 16.7. The van der Waals surface area contributed by atoms with Gasteiger partial charge in [-0.25, -0.2) is 4.98 Å². The first-order valence-corrected chi connectivity index (χ1v) is 8.09. The molecule has 1 aromatic carbocycles. The Kier molecular flexibility index (Phi) is 4.75. The van der Waals surface area contributed by atoms with Gasteiger partial charge in [0.25, 0.3) is 0 Å². The second-order valence-electron chi connectivity index (χ2n) is 6.01. The Morgan fingerprint density at radius 1 is 1.24 bits per heavy atom. The maximum Gasteiger partial charge on any atom is 0.245 e. The molecule has 1 unspecified atom stereocenters. The molecule has 0 spiro atoms. The molecule has 1 amide bonds. The van der Waals surface area contributed by atoms with Gasteiger partial charge >= 0.3 is 0 Å². The Balaban J connectivity index is 1.73. The van der Waals surface area contributed by atoms with Crippen LogP contribution >= 0.6 is 0 Å². The van der Waals surface area contributed by atoms with Gasteiger partial charge in [-0.1, -0.05) is 18.2 Å². The second kappa shape index (κ2) is 7.14. The summed E-state index contributed by atoms with van der Waals surface area (Å²) in [7, 11) is 1.88. The Morgan fingerprint density at radius 2 is 1.96 bits per heavy atom. The van der Waals surface area contributed by atoms with Crippen LogP contribution in [0.5, 0.6) is 0 Å². The van der Waals surface area contributed by atoms with Crippen molar-refractivity contribution in [3.63, 3.8) is 0 Å². The van der Waals surface area contributed by atoms with Gasteiger partial charge in [0.05, 0.1) is 6.07 Å². The number of Topliss-reactive ketones (excluding diaryl/α,β-unsaturated/α-hetero) is 1. The second-order valence-corrected chi connectivity index (χ2v) is 6.01. The largest absolute Gasteiger partial charge is 0.352 e. The molecule has 1 atom stereocenters. The number of anilines is 2. The number of nitriles is 1. The zero-order valence-electron chi connectivity index (χ0n) is 13.8. The summed E-state index contributed by atoms with van der Waals surface area (Å²) in [4.78, 5) is 30.6. The molecule has 1 fully saturated rings. The molecular formula is C19H18N4O2. The third-order valence-electron chi connectivity index (χ3n) is 4.10.